The van der Waals surface area contributed by atoms with E-state index >= 15 is 0 Å². The van der Waals surface area contributed by atoms with Crippen LogP contribution in [0.15, 0.2) is 55.0 Å². The first kappa shape index (κ1) is 12.0. The van der Waals surface area contributed by atoms with E-state index in [4.69, 9.17) is 0 Å². The lowest BCUT2D eigenvalue weighted by Gasteiger charge is -2.05. The van der Waals surface area contributed by atoms with Crippen LogP contribution < -0.4 is 0 Å². The second kappa shape index (κ2) is 5.74. The molecule has 3 rings (SSSR count). The van der Waals surface area contributed by atoms with Crippen molar-refractivity contribution in [3.05, 3.63) is 55.0 Å². The van der Waals surface area contributed by atoms with E-state index in [1.807, 2.05) is 23.1 Å². The summed E-state index contributed by atoms with van der Waals surface area (Å²) in [5.41, 5.74) is 1.34. The van der Waals surface area contributed by atoms with Gasteiger partial charge in [-0.3, -0.25) is 4.68 Å². The summed E-state index contributed by atoms with van der Waals surface area (Å²) in [6.07, 6.45) is 9.72. The minimum atomic E-state index is 1.03. The smallest absolute Gasteiger partial charge is 0.0489 e. The van der Waals surface area contributed by atoms with Crippen molar-refractivity contribution in [2.75, 3.05) is 0 Å². The van der Waals surface area contributed by atoms with Crippen LogP contribution >= 0.6 is 0 Å². The summed E-state index contributed by atoms with van der Waals surface area (Å²) in [5.74, 6) is 0. The van der Waals surface area contributed by atoms with Gasteiger partial charge in [0.1, 0.15) is 0 Å². The van der Waals surface area contributed by atoms with Crippen molar-refractivity contribution in [2.24, 2.45) is 0 Å². The first-order valence-corrected chi connectivity index (χ1v) is 6.95. The largest absolute Gasteiger partial charge is 0.347 e. The number of aromatic nitrogens is 3. The topological polar surface area (TPSA) is 22.8 Å². The van der Waals surface area contributed by atoms with E-state index in [0.717, 1.165) is 13.1 Å². The molecule has 0 atom stereocenters. The van der Waals surface area contributed by atoms with E-state index in [0.29, 0.717) is 0 Å². The number of para-hydroxylation sites is 1. The highest BCUT2D eigenvalue weighted by molar-refractivity contribution is 5.79. The van der Waals surface area contributed by atoms with Crippen molar-refractivity contribution in [2.45, 2.75) is 32.4 Å². The molecule has 0 bridgehead atoms. The van der Waals surface area contributed by atoms with Crippen LogP contribution in [-0.4, -0.2) is 14.3 Å². The molecule has 2 aromatic heterocycles. The van der Waals surface area contributed by atoms with Gasteiger partial charge >= 0.3 is 0 Å². The Morgan fingerprint density at radius 1 is 0.842 bits per heavy atom. The Bertz CT molecular complexity index is 622. The van der Waals surface area contributed by atoms with Crippen molar-refractivity contribution in [3.63, 3.8) is 0 Å². The minimum Gasteiger partial charge on any atom is -0.347 e. The lowest BCUT2D eigenvalue weighted by molar-refractivity contribution is 0.523. The summed E-state index contributed by atoms with van der Waals surface area (Å²) in [7, 11) is 0. The van der Waals surface area contributed by atoms with E-state index in [2.05, 4.69) is 46.2 Å². The highest BCUT2D eigenvalue weighted by Gasteiger charge is 1.99. The Hall–Kier alpha value is -2.03. The average molecular weight is 253 g/mol. The summed E-state index contributed by atoms with van der Waals surface area (Å²) < 4.78 is 4.36. The lowest BCUT2D eigenvalue weighted by atomic mass is 10.2. The van der Waals surface area contributed by atoms with Crippen molar-refractivity contribution in [3.8, 4) is 0 Å². The van der Waals surface area contributed by atoms with Crippen LogP contribution in [0.4, 0.5) is 0 Å². The summed E-state index contributed by atoms with van der Waals surface area (Å²) in [5, 5.41) is 5.55. The molecule has 0 amide bonds. The molecule has 3 aromatic rings. The number of benzene rings is 1. The zero-order valence-corrected chi connectivity index (χ0v) is 11.1. The lowest BCUT2D eigenvalue weighted by Crippen LogP contribution is -2.00. The first-order valence-electron chi connectivity index (χ1n) is 6.95. The van der Waals surface area contributed by atoms with Gasteiger partial charge in [-0.25, -0.2) is 0 Å². The molecule has 3 heteroatoms. The average Bonchev–Trinajstić information content (AvgIpc) is 3.08. The van der Waals surface area contributed by atoms with E-state index < -0.39 is 0 Å². The van der Waals surface area contributed by atoms with Crippen molar-refractivity contribution >= 4 is 10.9 Å². The predicted molar refractivity (Wildman–Crippen MR) is 78.0 cm³/mol. The maximum absolute atomic E-state index is 4.22. The van der Waals surface area contributed by atoms with Crippen LogP contribution in [0.2, 0.25) is 0 Å². The third-order valence-corrected chi connectivity index (χ3v) is 3.53. The number of nitrogens with zero attached hydrogens (tertiary/aromatic N) is 3. The van der Waals surface area contributed by atoms with Gasteiger partial charge in [0.2, 0.25) is 0 Å². The molecule has 0 unspecified atom stereocenters. The quantitative estimate of drug-likeness (QED) is 0.614. The highest BCUT2D eigenvalue weighted by atomic mass is 15.3. The van der Waals surface area contributed by atoms with Gasteiger partial charge in [-0.05, 0) is 42.8 Å². The Labute approximate surface area is 113 Å². The zero-order valence-electron chi connectivity index (χ0n) is 11.1. The number of unbranched alkanes of at least 4 members (excludes halogenated alkanes) is 2. The normalized spacial score (nSPS) is 11.2. The molecule has 0 saturated carbocycles. The van der Waals surface area contributed by atoms with Crippen LogP contribution in [-0.2, 0) is 13.1 Å². The summed E-state index contributed by atoms with van der Waals surface area (Å²) in [4.78, 5) is 0. The van der Waals surface area contributed by atoms with E-state index in [1.165, 1.54) is 30.2 Å². The fourth-order valence-electron chi connectivity index (χ4n) is 2.50. The molecule has 98 valence electrons. The van der Waals surface area contributed by atoms with Gasteiger partial charge in [-0.15, -0.1) is 0 Å². The van der Waals surface area contributed by atoms with E-state index in [1.54, 1.807) is 0 Å². The molecule has 0 N–H and O–H groups in total. The monoisotopic (exact) mass is 253 g/mol. The Morgan fingerprint density at radius 3 is 2.63 bits per heavy atom. The molecule has 1 aromatic carbocycles. The van der Waals surface area contributed by atoms with Gasteiger partial charge in [0.25, 0.3) is 0 Å². The molecule has 2 heterocycles. The number of hydrogen-bond donors (Lipinski definition) is 0. The van der Waals surface area contributed by atoms with Gasteiger partial charge in [-0.2, -0.15) is 5.10 Å². The molecule has 0 fully saturated rings. The molecule has 0 saturated heterocycles. The van der Waals surface area contributed by atoms with Crippen LogP contribution in [0.25, 0.3) is 10.9 Å². The SMILES string of the molecule is c1ccc2c(c1)ccn2CCCCCn1cccn1. The fourth-order valence-corrected chi connectivity index (χ4v) is 2.50. The van der Waals surface area contributed by atoms with E-state index in [9.17, 15) is 0 Å². The second-order valence-corrected chi connectivity index (χ2v) is 4.90. The third kappa shape index (κ3) is 2.87. The molecule has 0 aliphatic carbocycles. The predicted octanol–water partition coefficient (Wildman–Crippen LogP) is 3.71. The molecule has 0 aliphatic heterocycles. The molecule has 0 radical (unpaired) electrons. The van der Waals surface area contributed by atoms with Gasteiger partial charge in [-0.1, -0.05) is 18.2 Å². The molecule has 0 spiro atoms. The van der Waals surface area contributed by atoms with E-state index in [-0.39, 0.29) is 0 Å². The summed E-state index contributed by atoms with van der Waals surface area (Å²) in [6, 6.07) is 12.7. The Kier molecular flexibility index (Phi) is 3.63. The third-order valence-electron chi connectivity index (χ3n) is 3.53. The number of hydrogen-bond acceptors (Lipinski definition) is 1. The Balaban J connectivity index is 1.47. The molecular formula is C16H19N3. The standard InChI is InChI=1S/C16H19N3/c1(5-12-19-13-6-10-17-19)4-11-18-14-9-15-7-2-3-8-16(15)18/h2-3,6-10,13-14H,1,4-5,11-12H2. The fraction of sp³-hybridized carbons (Fsp3) is 0.312. The number of aryl methyl sites for hydroxylation is 2. The van der Waals surface area contributed by atoms with Crippen molar-refractivity contribution in [1.29, 1.82) is 0 Å². The molecule has 0 aliphatic rings. The van der Waals surface area contributed by atoms with Gasteiger partial charge in [0, 0.05) is 37.2 Å². The molecular weight excluding hydrogens is 234 g/mol. The van der Waals surface area contributed by atoms with Crippen LogP contribution in [0.5, 0.6) is 0 Å². The maximum Gasteiger partial charge on any atom is 0.0489 e. The first-order chi connectivity index (χ1) is 9.43. The van der Waals surface area contributed by atoms with Crippen molar-refractivity contribution in [1.82, 2.24) is 14.3 Å². The zero-order chi connectivity index (χ0) is 12.9. The highest BCUT2D eigenvalue weighted by Crippen LogP contribution is 2.15. The van der Waals surface area contributed by atoms with Gasteiger partial charge < -0.3 is 4.57 Å². The Morgan fingerprint density at radius 2 is 1.74 bits per heavy atom. The maximum atomic E-state index is 4.22. The van der Waals surface area contributed by atoms with Crippen LogP contribution in [0.1, 0.15) is 19.3 Å². The van der Waals surface area contributed by atoms with Gasteiger partial charge in [0.15, 0.2) is 0 Å². The second-order valence-electron chi connectivity index (χ2n) is 4.90. The molecule has 19 heavy (non-hydrogen) atoms. The summed E-state index contributed by atoms with van der Waals surface area (Å²) >= 11 is 0. The van der Waals surface area contributed by atoms with Crippen molar-refractivity contribution < 1.29 is 0 Å². The van der Waals surface area contributed by atoms with Crippen LogP contribution in [0, 0.1) is 0 Å². The van der Waals surface area contributed by atoms with Gasteiger partial charge in [0.05, 0.1) is 0 Å². The van der Waals surface area contributed by atoms with Crippen LogP contribution in [0.3, 0.4) is 0 Å². The number of rotatable bonds is 6. The number of fused-ring (bicyclic) bond motifs is 1. The summed E-state index contributed by atoms with van der Waals surface area (Å²) in [6.45, 7) is 2.13. The minimum absolute atomic E-state index is 1.03. The molecule has 3 nitrogen and oxygen atoms in total.